The second-order valence-corrected chi connectivity index (χ2v) is 3.41. The molecule has 0 fully saturated rings. The number of hydrogen-bond acceptors (Lipinski definition) is 2. The van der Waals surface area contributed by atoms with E-state index in [-0.39, 0.29) is 12.1 Å². The lowest BCUT2D eigenvalue weighted by Gasteiger charge is -2.04. The summed E-state index contributed by atoms with van der Waals surface area (Å²) in [5, 5.41) is 8.34. The molecule has 1 rings (SSSR count). The van der Waals surface area contributed by atoms with E-state index in [9.17, 15) is 0 Å². The molecule has 0 N–H and O–H groups in total. The van der Waals surface area contributed by atoms with Gasteiger partial charge < -0.3 is 0 Å². The molecule has 1 aromatic rings. The molecule has 0 aliphatic rings. The maximum atomic E-state index is 4.22. The first kappa shape index (κ1) is 9.90. The first-order valence-electron chi connectivity index (χ1n) is 4.65. The summed E-state index contributed by atoms with van der Waals surface area (Å²) in [5.41, 5.74) is 1.21. The first-order chi connectivity index (χ1) is 6.20. The molecule has 0 heterocycles. The topological polar surface area (TPSA) is 24.7 Å². The molecule has 0 aromatic heterocycles. The van der Waals surface area contributed by atoms with Gasteiger partial charge in [0.2, 0.25) is 0 Å². The lowest BCUT2D eigenvalue weighted by atomic mass is 10.1. The van der Waals surface area contributed by atoms with E-state index >= 15 is 0 Å². The zero-order valence-corrected chi connectivity index (χ0v) is 8.44. The highest BCUT2D eigenvalue weighted by molar-refractivity contribution is 5.17. The molecule has 2 heteroatoms. The van der Waals surface area contributed by atoms with Crippen LogP contribution in [0.1, 0.15) is 32.4 Å². The molecule has 1 aromatic carbocycles. The van der Waals surface area contributed by atoms with Crippen LogP contribution in [0.5, 0.6) is 0 Å². The van der Waals surface area contributed by atoms with E-state index in [1.807, 2.05) is 32.0 Å². The molecule has 13 heavy (non-hydrogen) atoms. The van der Waals surface area contributed by atoms with Crippen molar-refractivity contribution in [1.82, 2.24) is 0 Å². The number of azo groups is 1. The number of benzene rings is 1. The van der Waals surface area contributed by atoms with E-state index in [1.54, 1.807) is 0 Å². The second-order valence-electron chi connectivity index (χ2n) is 3.41. The molecule has 0 bridgehead atoms. The Morgan fingerprint density at radius 1 is 0.923 bits per heavy atom. The van der Waals surface area contributed by atoms with Crippen LogP contribution in [-0.2, 0) is 0 Å². The van der Waals surface area contributed by atoms with Gasteiger partial charge in [0.05, 0.1) is 12.1 Å². The van der Waals surface area contributed by atoms with Crippen molar-refractivity contribution in [3.05, 3.63) is 35.9 Å². The zero-order chi connectivity index (χ0) is 9.68. The largest absolute Gasteiger partial charge is 0.191 e. The molecule has 0 aliphatic heterocycles. The van der Waals surface area contributed by atoms with Crippen molar-refractivity contribution in [2.75, 3.05) is 0 Å². The summed E-state index contributed by atoms with van der Waals surface area (Å²) >= 11 is 0. The van der Waals surface area contributed by atoms with Crippen LogP contribution in [0.3, 0.4) is 0 Å². The summed E-state index contributed by atoms with van der Waals surface area (Å²) < 4.78 is 0. The van der Waals surface area contributed by atoms with Crippen LogP contribution >= 0.6 is 0 Å². The van der Waals surface area contributed by atoms with E-state index in [0.717, 1.165) is 0 Å². The van der Waals surface area contributed by atoms with Gasteiger partial charge in [-0.3, -0.25) is 0 Å². The molecule has 1 unspecified atom stereocenters. The minimum Gasteiger partial charge on any atom is -0.191 e. The highest BCUT2D eigenvalue weighted by atomic mass is 15.1. The van der Waals surface area contributed by atoms with Crippen LogP contribution in [0.25, 0.3) is 0 Å². The van der Waals surface area contributed by atoms with Crippen LogP contribution in [0.4, 0.5) is 0 Å². The van der Waals surface area contributed by atoms with Gasteiger partial charge in [0.15, 0.2) is 0 Å². The summed E-state index contributed by atoms with van der Waals surface area (Å²) in [6, 6.07) is 10.7. The predicted molar refractivity (Wildman–Crippen MR) is 54.8 cm³/mol. The van der Waals surface area contributed by atoms with Gasteiger partial charge in [0, 0.05) is 0 Å². The Kier molecular flexibility index (Phi) is 3.62. The van der Waals surface area contributed by atoms with Crippen molar-refractivity contribution in [1.29, 1.82) is 0 Å². The van der Waals surface area contributed by atoms with Gasteiger partial charge in [-0.15, -0.1) is 0 Å². The SMILES string of the molecule is CC(C)N=NC(C)c1ccccc1. The van der Waals surface area contributed by atoms with Crippen LogP contribution in [-0.4, -0.2) is 6.04 Å². The third-order valence-corrected chi connectivity index (χ3v) is 1.75. The Labute approximate surface area is 79.7 Å². The fraction of sp³-hybridized carbons (Fsp3) is 0.455. The Morgan fingerprint density at radius 2 is 1.54 bits per heavy atom. The van der Waals surface area contributed by atoms with Crippen molar-refractivity contribution in [2.24, 2.45) is 10.2 Å². The van der Waals surface area contributed by atoms with Gasteiger partial charge in [0.25, 0.3) is 0 Å². The maximum absolute atomic E-state index is 4.22. The van der Waals surface area contributed by atoms with Crippen LogP contribution in [0, 0.1) is 0 Å². The van der Waals surface area contributed by atoms with E-state index in [4.69, 9.17) is 0 Å². The Bertz CT molecular complexity index is 265. The molecular formula is C11H16N2. The van der Waals surface area contributed by atoms with Crippen LogP contribution in [0.15, 0.2) is 40.6 Å². The van der Waals surface area contributed by atoms with Gasteiger partial charge >= 0.3 is 0 Å². The molecule has 0 aliphatic carbocycles. The molecule has 0 radical (unpaired) electrons. The highest BCUT2D eigenvalue weighted by Gasteiger charge is 2.01. The first-order valence-corrected chi connectivity index (χ1v) is 4.65. The van der Waals surface area contributed by atoms with Crippen molar-refractivity contribution in [2.45, 2.75) is 32.9 Å². The predicted octanol–water partition coefficient (Wildman–Crippen LogP) is 3.61. The minimum atomic E-state index is 0.170. The quantitative estimate of drug-likeness (QED) is 0.628. The molecule has 0 saturated carbocycles. The molecule has 2 nitrogen and oxygen atoms in total. The van der Waals surface area contributed by atoms with Crippen molar-refractivity contribution >= 4 is 0 Å². The fourth-order valence-electron chi connectivity index (χ4n) is 1.03. The Morgan fingerprint density at radius 3 is 2.08 bits per heavy atom. The standard InChI is InChI=1S/C11H16N2/c1-9(2)12-13-10(3)11-7-5-4-6-8-11/h4-10H,1-3H3. The molecule has 1 atom stereocenters. The van der Waals surface area contributed by atoms with Crippen molar-refractivity contribution < 1.29 is 0 Å². The minimum absolute atomic E-state index is 0.170. The van der Waals surface area contributed by atoms with Crippen LogP contribution < -0.4 is 0 Å². The summed E-state index contributed by atoms with van der Waals surface area (Å²) in [6.45, 7) is 6.11. The van der Waals surface area contributed by atoms with Gasteiger partial charge in [-0.2, -0.15) is 10.2 Å². The van der Waals surface area contributed by atoms with Crippen LogP contribution in [0.2, 0.25) is 0 Å². The van der Waals surface area contributed by atoms with Gasteiger partial charge in [-0.25, -0.2) is 0 Å². The Balaban J connectivity index is 2.64. The van der Waals surface area contributed by atoms with Crippen molar-refractivity contribution in [3.63, 3.8) is 0 Å². The normalized spacial score (nSPS) is 13.8. The monoisotopic (exact) mass is 176 g/mol. The lowest BCUT2D eigenvalue weighted by molar-refractivity contribution is 0.670. The van der Waals surface area contributed by atoms with Gasteiger partial charge in [-0.1, -0.05) is 30.3 Å². The van der Waals surface area contributed by atoms with Gasteiger partial charge in [-0.05, 0) is 26.3 Å². The summed E-state index contributed by atoms with van der Waals surface area (Å²) in [7, 11) is 0. The molecule has 0 amide bonds. The number of hydrogen-bond donors (Lipinski definition) is 0. The fourth-order valence-corrected chi connectivity index (χ4v) is 1.03. The number of rotatable bonds is 3. The van der Waals surface area contributed by atoms with E-state index < -0.39 is 0 Å². The molecule has 0 saturated heterocycles. The third-order valence-electron chi connectivity index (χ3n) is 1.75. The summed E-state index contributed by atoms with van der Waals surface area (Å²) in [5.74, 6) is 0. The average Bonchev–Trinajstić information content (AvgIpc) is 2.15. The average molecular weight is 176 g/mol. The van der Waals surface area contributed by atoms with Crippen molar-refractivity contribution in [3.8, 4) is 0 Å². The van der Waals surface area contributed by atoms with E-state index in [0.29, 0.717) is 0 Å². The lowest BCUT2D eigenvalue weighted by Crippen LogP contribution is -1.91. The zero-order valence-electron chi connectivity index (χ0n) is 8.44. The molecule has 70 valence electrons. The third kappa shape index (κ3) is 3.36. The summed E-state index contributed by atoms with van der Waals surface area (Å²) in [4.78, 5) is 0. The van der Waals surface area contributed by atoms with E-state index in [2.05, 4.69) is 29.3 Å². The van der Waals surface area contributed by atoms with E-state index in [1.165, 1.54) is 5.56 Å². The Hall–Kier alpha value is -1.18. The number of nitrogens with zero attached hydrogens (tertiary/aromatic N) is 2. The molecular weight excluding hydrogens is 160 g/mol. The summed E-state index contributed by atoms with van der Waals surface area (Å²) in [6.07, 6.45) is 0. The second kappa shape index (κ2) is 4.75. The highest BCUT2D eigenvalue weighted by Crippen LogP contribution is 2.16. The maximum Gasteiger partial charge on any atom is 0.0929 e. The smallest absolute Gasteiger partial charge is 0.0929 e. The molecule has 0 spiro atoms. The van der Waals surface area contributed by atoms with Gasteiger partial charge in [0.1, 0.15) is 0 Å².